The zero-order valence-corrected chi connectivity index (χ0v) is 12.1. The molecule has 1 heterocycles. The molecule has 1 saturated heterocycles. The van der Waals surface area contributed by atoms with E-state index < -0.39 is 0 Å². The van der Waals surface area contributed by atoms with Gasteiger partial charge in [-0.2, -0.15) is 0 Å². The highest BCUT2D eigenvalue weighted by atomic mass is 35.5. The smallest absolute Gasteiger partial charge is 0.234 e. The number of carbonyl (C=O) groups is 1. The van der Waals surface area contributed by atoms with E-state index in [1.165, 1.54) is 0 Å². The van der Waals surface area contributed by atoms with Gasteiger partial charge in [-0.05, 0) is 19.8 Å². The normalized spacial score (nSPS) is 23.0. The molecule has 0 aliphatic carbocycles. The first kappa shape index (κ1) is 16.7. The van der Waals surface area contributed by atoms with Crippen LogP contribution in [0.25, 0.3) is 0 Å². The van der Waals surface area contributed by atoms with Crippen molar-refractivity contribution in [2.24, 2.45) is 5.92 Å². The lowest BCUT2D eigenvalue weighted by Crippen LogP contribution is -2.53. The van der Waals surface area contributed by atoms with Crippen LogP contribution in [-0.4, -0.2) is 49.1 Å². The van der Waals surface area contributed by atoms with Crippen LogP contribution in [0.5, 0.6) is 0 Å². The van der Waals surface area contributed by atoms with Crippen molar-refractivity contribution >= 4 is 18.3 Å². The first-order valence-corrected chi connectivity index (χ1v) is 6.25. The Bertz CT molecular complexity index is 236. The number of nitrogens with one attached hydrogen (secondary N) is 2. The third kappa shape index (κ3) is 5.70. The average Bonchev–Trinajstić information content (AvgIpc) is 2.21. The molecule has 1 unspecified atom stereocenters. The minimum absolute atomic E-state index is 0. The molecule has 0 aromatic heterocycles. The number of carbonyl (C=O) groups excluding carboxylic acids is 1. The van der Waals surface area contributed by atoms with Crippen LogP contribution in [0.3, 0.4) is 0 Å². The summed E-state index contributed by atoms with van der Waals surface area (Å²) in [6.45, 7) is 11.9. The van der Waals surface area contributed by atoms with Crippen LogP contribution in [0.1, 0.15) is 27.7 Å². The minimum atomic E-state index is 0. The fourth-order valence-electron chi connectivity index (χ4n) is 1.77. The summed E-state index contributed by atoms with van der Waals surface area (Å²) in [6.07, 6.45) is 0. The number of amides is 1. The summed E-state index contributed by atoms with van der Waals surface area (Å²) in [5, 5.41) is 6.37. The molecule has 0 spiro atoms. The van der Waals surface area contributed by atoms with Crippen LogP contribution >= 0.6 is 12.4 Å². The lowest BCUT2D eigenvalue weighted by atomic mass is 10.1. The Hall–Kier alpha value is -0.320. The molecule has 1 rings (SSSR count). The van der Waals surface area contributed by atoms with Crippen molar-refractivity contribution in [2.45, 2.75) is 39.8 Å². The van der Waals surface area contributed by atoms with E-state index in [-0.39, 0.29) is 24.4 Å². The van der Waals surface area contributed by atoms with E-state index in [0.717, 1.165) is 19.6 Å². The van der Waals surface area contributed by atoms with Gasteiger partial charge in [0, 0.05) is 31.7 Å². The topological polar surface area (TPSA) is 44.4 Å². The molecular weight excluding hydrogens is 238 g/mol. The van der Waals surface area contributed by atoms with Gasteiger partial charge >= 0.3 is 0 Å². The van der Waals surface area contributed by atoms with Crippen LogP contribution < -0.4 is 10.6 Å². The van der Waals surface area contributed by atoms with Crippen LogP contribution in [0.15, 0.2) is 0 Å². The van der Waals surface area contributed by atoms with E-state index in [4.69, 9.17) is 0 Å². The zero-order valence-electron chi connectivity index (χ0n) is 11.3. The maximum absolute atomic E-state index is 11.8. The Balaban J connectivity index is 0.00000256. The van der Waals surface area contributed by atoms with Crippen molar-refractivity contribution < 1.29 is 4.79 Å². The van der Waals surface area contributed by atoms with E-state index >= 15 is 0 Å². The molecule has 1 fully saturated rings. The molecule has 2 atom stereocenters. The SMILES string of the molecule is CC(C)C(C)NC(=O)CN1CCNC[C@@H]1C.Cl. The Morgan fingerprint density at radius 1 is 1.47 bits per heavy atom. The van der Waals surface area contributed by atoms with E-state index in [0.29, 0.717) is 18.5 Å². The second kappa shape index (κ2) is 7.90. The summed E-state index contributed by atoms with van der Waals surface area (Å²) in [7, 11) is 0. The number of halogens is 1. The Morgan fingerprint density at radius 3 is 2.65 bits per heavy atom. The van der Waals surface area contributed by atoms with Gasteiger partial charge in [0.1, 0.15) is 0 Å². The lowest BCUT2D eigenvalue weighted by Gasteiger charge is -2.33. The minimum Gasteiger partial charge on any atom is -0.352 e. The van der Waals surface area contributed by atoms with Crippen LogP contribution in [0, 0.1) is 5.92 Å². The predicted molar refractivity (Wildman–Crippen MR) is 73.6 cm³/mol. The van der Waals surface area contributed by atoms with Crippen molar-refractivity contribution in [2.75, 3.05) is 26.2 Å². The highest BCUT2D eigenvalue weighted by Gasteiger charge is 2.21. The van der Waals surface area contributed by atoms with Gasteiger partial charge in [-0.1, -0.05) is 13.8 Å². The molecule has 2 N–H and O–H groups in total. The van der Waals surface area contributed by atoms with Gasteiger partial charge in [0.25, 0.3) is 0 Å². The first-order chi connectivity index (χ1) is 7.50. The Labute approximate surface area is 111 Å². The quantitative estimate of drug-likeness (QED) is 0.791. The fraction of sp³-hybridized carbons (Fsp3) is 0.917. The fourth-order valence-corrected chi connectivity index (χ4v) is 1.77. The maximum Gasteiger partial charge on any atom is 0.234 e. The average molecular weight is 264 g/mol. The highest BCUT2D eigenvalue weighted by molar-refractivity contribution is 5.85. The molecule has 1 amide bonds. The molecule has 0 aromatic rings. The molecular formula is C12H26ClN3O. The van der Waals surface area contributed by atoms with Crippen molar-refractivity contribution in [3.8, 4) is 0 Å². The molecule has 1 aliphatic heterocycles. The van der Waals surface area contributed by atoms with Crippen molar-refractivity contribution in [3.05, 3.63) is 0 Å². The van der Waals surface area contributed by atoms with Crippen LogP contribution in [0.4, 0.5) is 0 Å². The molecule has 0 aromatic carbocycles. The van der Waals surface area contributed by atoms with Gasteiger partial charge in [-0.15, -0.1) is 12.4 Å². The van der Waals surface area contributed by atoms with E-state index in [1.54, 1.807) is 0 Å². The summed E-state index contributed by atoms with van der Waals surface area (Å²) < 4.78 is 0. The highest BCUT2D eigenvalue weighted by Crippen LogP contribution is 2.03. The second-order valence-electron chi connectivity index (χ2n) is 5.12. The molecule has 0 bridgehead atoms. The molecule has 0 radical (unpaired) electrons. The molecule has 17 heavy (non-hydrogen) atoms. The van der Waals surface area contributed by atoms with Crippen molar-refractivity contribution in [1.82, 2.24) is 15.5 Å². The maximum atomic E-state index is 11.8. The summed E-state index contributed by atoms with van der Waals surface area (Å²) >= 11 is 0. The standard InChI is InChI=1S/C12H25N3O.ClH/c1-9(2)11(4)14-12(16)8-15-6-5-13-7-10(15)3;/h9-11,13H,5-8H2,1-4H3,(H,14,16);1H/t10-,11?;/m0./s1. The van der Waals surface area contributed by atoms with E-state index in [9.17, 15) is 4.79 Å². The van der Waals surface area contributed by atoms with Gasteiger partial charge in [-0.25, -0.2) is 0 Å². The zero-order chi connectivity index (χ0) is 12.1. The third-order valence-electron chi connectivity index (χ3n) is 3.37. The molecule has 1 aliphatic rings. The van der Waals surface area contributed by atoms with Crippen molar-refractivity contribution in [1.29, 1.82) is 0 Å². The largest absolute Gasteiger partial charge is 0.352 e. The number of piperazine rings is 1. The summed E-state index contributed by atoms with van der Waals surface area (Å²) in [5.41, 5.74) is 0. The van der Waals surface area contributed by atoms with Gasteiger partial charge in [0.05, 0.1) is 6.54 Å². The summed E-state index contributed by atoms with van der Waals surface area (Å²) in [6, 6.07) is 0.708. The molecule has 102 valence electrons. The molecule has 5 heteroatoms. The van der Waals surface area contributed by atoms with Crippen molar-refractivity contribution in [3.63, 3.8) is 0 Å². The van der Waals surface area contributed by atoms with Gasteiger partial charge in [-0.3, -0.25) is 9.69 Å². The number of nitrogens with zero attached hydrogens (tertiary/aromatic N) is 1. The first-order valence-electron chi connectivity index (χ1n) is 6.25. The van der Waals surface area contributed by atoms with E-state index in [2.05, 4.69) is 43.2 Å². The number of hydrogen-bond donors (Lipinski definition) is 2. The van der Waals surface area contributed by atoms with Gasteiger partial charge in [0.15, 0.2) is 0 Å². The lowest BCUT2D eigenvalue weighted by molar-refractivity contribution is -0.123. The van der Waals surface area contributed by atoms with Gasteiger partial charge < -0.3 is 10.6 Å². The molecule has 0 saturated carbocycles. The number of rotatable bonds is 4. The van der Waals surface area contributed by atoms with Crippen LogP contribution in [-0.2, 0) is 4.79 Å². The van der Waals surface area contributed by atoms with Crippen LogP contribution in [0.2, 0.25) is 0 Å². The second-order valence-corrected chi connectivity index (χ2v) is 5.12. The Kier molecular flexibility index (Phi) is 7.75. The predicted octanol–water partition coefficient (Wildman–Crippen LogP) is 0.863. The van der Waals surface area contributed by atoms with E-state index in [1.807, 2.05) is 0 Å². The third-order valence-corrected chi connectivity index (χ3v) is 3.37. The monoisotopic (exact) mass is 263 g/mol. The molecule has 4 nitrogen and oxygen atoms in total. The summed E-state index contributed by atoms with van der Waals surface area (Å²) in [5.74, 6) is 0.638. The summed E-state index contributed by atoms with van der Waals surface area (Å²) in [4.78, 5) is 14.0. The van der Waals surface area contributed by atoms with Gasteiger partial charge in [0.2, 0.25) is 5.91 Å². The number of hydrogen-bond acceptors (Lipinski definition) is 3. The Morgan fingerprint density at radius 2 is 2.12 bits per heavy atom.